The lowest BCUT2D eigenvalue weighted by Crippen LogP contribution is -2.43. The highest BCUT2D eigenvalue weighted by atomic mass is 19.1. The molecule has 0 spiro atoms. The number of carbonyl (C=O) groups excluding carboxylic acids is 3. The Morgan fingerprint density at radius 2 is 1.64 bits per heavy atom. The molecule has 5 aromatic rings. The number of nitrogens with zero attached hydrogens (tertiary/aromatic N) is 4. The zero-order valence-corrected chi connectivity index (χ0v) is 33.8. The summed E-state index contributed by atoms with van der Waals surface area (Å²) in [5.41, 5.74) is 8.17. The number of phenolic OH excluding ortho intramolecular Hbond substituents is 1. The number of morpholine rings is 1. The van der Waals surface area contributed by atoms with Gasteiger partial charge in [-0.2, -0.15) is 0 Å². The van der Waals surface area contributed by atoms with Gasteiger partial charge in [-0.15, -0.1) is 0 Å². The van der Waals surface area contributed by atoms with E-state index in [9.17, 15) is 19.5 Å². The molecule has 8 rings (SSSR count). The lowest BCUT2D eigenvalue weighted by Gasteiger charge is -2.36. The molecule has 0 unspecified atom stereocenters. The fourth-order valence-corrected chi connectivity index (χ4v) is 8.40. The zero-order valence-electron chi connectivity index (χ0n) is 33.8. The van der Waals surface area contributed by atoms with E-state index in [0.717, 1.165) is 54.1 Å². The summed E-state index contributed by atoms with van der Waals surface area (Å²) in [4.78, 5) is 48.1. The monoisotopic (exact) mass is 799 g/mol. The van der Waals surface area contributed by atoms with E-state index in [1.165, 1.54) is 23.8 Å². The molecule has 0 bridgehead atoms. The Hall–Kier alpha value is -5.98. The average Bonchev–Trinajstić information content (AvgIpc) is 3.54. The predicted molar refractivity (Wildman–Crippen MR) is 223 cm³/mol. The van der Waals surface area contributed by atoms with Gasteiger partial charge in [0.25, 0.3) is 11.8 Å². The van der Waals surface area contributed by atoms with Gasteiger partial charge < -0.3 is 34.3 Å². The molecule has 3 aliphatic heterocycles. The van der Waals surface area contributed by atoms with Gasteiger partial charge in [0.2, 0.25) is 5.91 Å². The molecule has 1 saturated heterocycles. The molecule has 4 heterocycles. The number of aromatic nitrogens is 1. The number of benzene rings is 4. The SMILES string of the molecule is Cc1c(C(=O)Nc2ccc(O)cc2)cc(-c2cc3c(cc2C(=O)N2Cc4ccccc4C[C@H]2C)CN(C(=O)Cc2ccc(OCCN4CCOCC4)cc2F)CC3)n1C. The van der Waals surface area contributed by atoms with Crippen molar-refractivity contribution in [2.75, 3.05) is 51.3 Å². The third-order valence-corrected chi connectivity index (χ3v) is 12.0. The minimum atomic E-state index is -0.483. The second-order valence-electron chi connectivity index (χ2n) is 15.8. The molecule has 59 heavy (non-hydrogen) atoms. The summed E-state index contributed by atoms with van der Waals surface area (Å²) >= 11 is 0. The maximum absolute atomic E-state index is 15.3. The first kappa shape index (κ1) is 39.8. The van der Waals surface area contributed by atoms with Crippen LogP contribution in [-0.4, -0.2) is 94.1 Å². The molecule has 306 valence electrons. The second-order valence-corrected chi connectivity index (χ2v) is 15.8. The van der Waals surface area contributed by atoms with E-state index in [2.05, 4.69) is 29.3 Å². The van der Waals surface area contributed by atoms with Crippen LogP contribution < -0.4 is 10.1 Å². The number of phenols is 1. The molecule has 0 aliphatic carbocycles. The number of halogens is 1. The van der Waals surface area contributed by atoms with Gasteiger partial charge in [0.05, 0.1) is 25.2 Å². The van der Waals surface area contributed by atoms with Gasteiger partial charge in [-0.25, -0.2) is 4.39 Å². The first-order chi connectivity index (χ1) is 28.5. The van der Waals surface area contributed by atoms with E-state index < -0.39 is 5.82 Å². The van der Waals surface area contributed by atoms with Gasteiger partial charge in [-0.3, -0.25) is 19.3 Å². The number of fused-ring (bicyclic) bond motifs is 2. The van der Waals surface area contributed by atoms with Crippen molar-refractivity contribution in [2.24, 2.45) is 7.05 Å². The standard InChI is InChI=1S/C47H50FN5O6/c1-30-22-32-6-4-5-7-35(32)29-53(30)47(57)42-24-36-28-52(45(55)25-34-8-13-39(26-43(34)48)59-21-18-51-16-19-58-20-17-51)15-14-33(36)23-41(42)44-27-40(31(2)50(44)3)46(56)49-37-9-11-38(54)12-10-37/h4-13,23-24,26-27,30,54H,14-22,25,28-29H2,1-3H3,(H,49,56)/t30-/m1/s1. The van der Waals surface area contributed by atoms with Gasteiger partial charge in [-0.1, -0.05) is 30.3 Å². The van der Waals surface area contributed by atoms with Crippen molar-refractivity contribution in [3.63, 3.8) is 0 Å². The minimum Gasteiger partial charge on any atom is -0.508 e. The summed E-state index contributed by atoms with van der Waals surface area (Å²) in [6, 6.07) is 24.9. The van der Waals surface area contributed by atoms with Crippen LogP contribution in [0.5, 0.6) is 11.5 Å². The second kappa shape index (κ2) is 17.1. The Balaban J connectivity index is 1.05. The number of ether oxygens (including phenoxy) is 2. The summed E-state index contributed by atoms with van der Waals surface area (Å²) in [5, 5.41) is 12.6. The fraction of sp³-hybridized carbons (Fsp3) is 0.340. The number of carbonyl (C=O) groups is 3. The maximum atomic E-state index is 15.3. The molecule has 4 aromatic carbocycles. The minimum absolute atomic E-state index is 0.0578. The third kappa shape index (κ3) is 8.60. The lowest BCUT2D eigenvalue weighted by atomic mass is 9.89. The van der Waals surface area contributed by atoms with Crippen LogP contribution in [0, 0.1) is 12.7 Å². The Kier molecular flexibility index (Phi) is 11.5. The van der Waals surface area contributed by atoms with E-state index >= 15 is 4.39 Å². The lowest BCUT2D eigenvalue weighted by molar-refractivity contribution is -0.131. The van der Waals surface area contributed by atoms with Crippen molar-refractivity contribution < 1.29 is 33.4 Å². The highest BCUT2D eigenvalue weighted by Gasteiger charge is 2.32. The smallest absolute Gasteiger partial charge is 0.257 e. The maximum Gasteiger partial charge on any atom is 0.257 e. The van der Waals surface area contributed by atoms with Gasteiger partial charge in [-0.05, 0) is 103 Å². The van der Waals surface area contributed by atoms with Crippen LogP contribution in [0.1, 0.15) is 61.2 Å². The van der Waals surface area contributed by atoms with Gasteiger partial charge in [0.15, 0.2) is 0 Å². The van der Waals surface area contributed by atoms with E-state index in [-0.39, 0.29) is 42.5 Å². The molecule has 3 aliphatic rings. The first-order valence-corrected chi connectivity index (χ1v) is 20.3. The Morgan fingerprint density at radius 3 is 2.41 bits per heavy atom. The van der Waals surface area contributed by atoms with E-state index in [1.54, 1.807) is 29.2 Å². The van der Waals surface area contributed by atoms with Crippen LogP contribution in [0.3, 0.4) is 0 Å². The summed E-state index contributed by atoms with van der Waals surface area (Å²) < 4.78 is 28.5. The Labute approximate surface area is 343 Å². The summed E-state index contributed by atoms with van der Waals surface area (Å²) in [7, 11) is 1.89. The number of hydrogen-bond acceptors (Lipinski definition) is 7. The molecule has 1 atom stereocenters. The third-order valence-electron chi connectivity index (χ3n) is 12.0. The highest BCUT2D eigenvalue weighted by molar-refractivity contribution is 6.07. The van der Waals surface area contributed by atoms with Gasteiger partial charge in [0, 0.05) is 86.6 Å². The largest absolute Gasteiger partial charge is 0.508 e. The molecule has 1 aromatic heterocycles. The number of amides is 3. The molecule has 12 heteroatoms. The molecule has 0 radical (unpaired) electrons. The molecule has 3 amide bonds. The average molecular weight is 800 g/mol. The van der Waals surface area contributed by atoms with Crippen molar-refractivity contribution in [1.82, 2.24) is 19.3 Å². The number of anilines is 1. The van der Waals surface area contributed by atoms with Crippen LogP contribution in [0.25, 0.3) is 11.3 Å². The number of rotatable bonds is 10. The van der Waals surface area contributed by atoms with Crippen molar-refractivity contribution in [1.29, 1.82) is 0 Å². The van der Waals surface area contributed by atoms with Crippen molar-refractivity contribution in [3.8, 4) is 22.8 Å². The number of aromatic hydroxyl groups is 1. The molecule has 2 N–H and O–H groups in total. The first-order valence-electron chi connectivity index (χ1n) is 20.3. The van der Waals surface area contributed by atoms with E-state index in [4.69, 9.17) is 9.47 Å². The Bertz CT molecular complexity index is 2390. The summed E-state index contributed by atoms with van der Waals surface area (Å²) in [6.07, 6.45) is 1.18. The number of hydrogen-bond donors (Lipinski definition) is 2. The van der Waals surface area contributed by atoms with Crippen LogP contribution in [0.2, 0.25) is 0 Å². The molecule has 0 saturated carbocycles. The van der Waals surface area contributed by atoms with Crippen molar-refractivity contribution >= 4 is 23.4 Å². The fourth-order valence-electron chi connectivity index (χ4n) is 8.40. The van der Waals surface area contributed by atoms with Crippen LogP contribution >= 0.6 is 0 Å². The molecular formula is C47H50FN5O6. The molecule has 1 fully saturated rings. The summed E-state index contributed by atoms with van der Waals surface area (Å²) in [5.74, 6) is -0.586. The molecule has 11 nitrogen and oxygen atoms in total. The predicted octanol–water partition coefficient (Wildman–Crippen LogP) is 6.52. The van der Waals surface area contributed by atoms with E-state index in [1.807, 2.05) is 53.8 Å². The van der Waals surface area contributed by atoms with Gasteiger partial charge >= 0.3 is 0 Å². The van der Waals surface area contributed by atoms with Crippen molar-refractivity contribution in [3.05, 3.63) is 135 Å². The van der Waals surface area contributed by atoms with Crippen LogP contribution in [-0.2, 0) is 48.9 Å². The van der Waals surface area contributed by atoms with E-state index in [0.29, 0.717) is 73.0 Å². The van der Waals surface area contributed by atoms with Gasteiger partial charge in [0.1, 0.15) is 23.9 Å². The summed E-state index contributed by atoms with van der Waals surface area (Å²) in [6.45, 7) is 9.39. The van der Waals surface area contributed by atoms with Crippen LogP contribution in [0.4, 0.5) is 10.1 Å². The topological polar surface area (TPSA) is 117 Å². The quantitative estimate of drug-likeness (QED) is 0.155. The normalized spacial score (nSPS) is 16.6. The number of nitrogens with one attached hydrogen (secondary N) is 1. The Morgan fingerprint density at radius 1 is 0.881 bits per heavy atom. The zero-order chi connectivity index (χ0) is 41.2. The van der Waals surface area contributed by atoms with Crippen LogP contribution in [0.15, 0.2) is 84.9 Å². The molecular weight excluding hydrogens is 750 g/mol. The van der Waals surface area contributed by atoms with Crippen molar-refractivity contribution in [2.45, 2.75) is 52.2 Å². The highest BCUT2D eigenvalue weighted by Crippen LogP contribution is 2.36.